The van der Waals surface area contributed by atoms with Gasteiger partial charge >= 0.3 is 11.7 Å². The van der Waals surface area contributed by atoms with E-state index in [1.54, 1.807) is 25.2 Å². The van der Waals surface area contributed by atoms with Gasteiger partial charge in [0.05, 0.1) is 12.0 Å². The summed E-state index contributed by atoms with van der Waals surface area (Å²) < 4.78 is 4.76. The zero-order valence-electron chi connectivity index (χ0n) is 12.7. The van der Waals surface area contributed by atoms with Crippen LogP contribution >= 0.6 is 0 Å². The number of rotatable bonds is 7. The minimum Gasteiger partial charge on any atom is -0.467 e. The smallest absolute Gasteiger partial charge is 0.328 e. The first kappa shape index (κ1) is 16.7. The van der Waals surface area contributed by atoms with Gasteiger partial charge in [-0.25, -0.2) is 4.79 Å². The molecule has 1 aromatic rings. The summed E-state index contributed by atoms with van der Waals surface area (Å²) >= 11 is 0. The molecule has 0 radical (unpaired) electrons. The molecule has 0 saturated heterocycles. The summed E-state index contributed by atoms with van der Waals surface area (Å²) in [5.41, 5.74) is 0.596. The summed E-state index contributed by atoms with van der Waals surface area (Å²) in [6, 6.07) is 4.25. The van der Waals surface area contributed by atoms with Crippen LogP contribution in [0, 0.1) is 16.0 Å². The lowest BCUT2D eigenvalue weighted by Crippen LogP contribution is -2.32. The maximum absolute atomic E-state index is 11.8. The molecule has 0 heterocycles. The molecule has 0 bridgehead atoms. The minimum absolute atomic E-state index is 0.0855. The van der Waals surface area contributed by atoms with Crippen LogP contribution in [0.5, 0.6) is 0 Å². The summed E-state index contributed by atoms with van der Waals surface area (Å²) in [7, 11) is 2.91. The summed E-state index contributed by atoms with van der Waals surface area (Å²) in [4.78, 5) is 22.6. The second kappa shape index (κ2) is 7.47. The molecule has 2 N–H and O–H groups in total. The molecule has 1 rings (SSSR count). The van der Waals surface area contributed by atoms with Gasteiger partial charge < -0.3 is 15.4 Å². The fraction of sp³-hybridized carbons (Fsp3) is 0.500. The molecule has 0 spiro atoms. The monoisotopic (exact) mass is 295 g/mol. The number of hydrogen-bond acceptors (Lipinski definition) is 6. The third kappa shape index (κ3) is 4.34. The number of esters is 1. The Labute approximate surface area is 123 Å². The second-order valence-corrected chi connectivity index (χ2v) is 5.06. The molecular formula is C14H21N3O4. The van der Waals surface area contributed by atoms with Crippen molar-refractivity contribution >= 4 is 23.0 Å². The molecule has 0 aromatic heterocycles. The number of carbonyl (C=O) groups excluding carboxylic acids is 1. The van der Waals surface area contributed by atoms with Crippen molar-refractivity contribution in [1.29, 1.82) is 0 Å². The van der Waals surface area contributed by atoms with Crippen LogP contribution in [0.3, 0.4) is 0 Å². The Morgan fingerprint density at radius 1 is 1.38 bits per heavy atom. The lowest BCUT2D eigenvalue weighted by Gasteiger charge is -2.19. The molecule has 0 aliphatic carbocycles. The van der Waals surface area contributed by atoms with Crippen LogP contribution in [0.2, 0.25) is 0 Å². The standard InChI is InChI=1S/C14H21N3O4/c1-9(2)8-12(14(18)21-4)16-11-7-5-6-10(15-3)13(11)17(19)20/h5-7,9,12,15-16H,8H2,1-4H3. The molecule has 0 saturated carbocycles. The van der Waals surface area contributed by atoms with Crippen molar-refractivity contribution in [1.82, 2.24) is 0 Å². The van der Waals surface area contributed by atoms with E-state index in [0.717, 1.165) is 0 Å². The predicted octanol–water partition coefficient (Wildman–Crippen LogP) is 2.64. The van der Waals surface area contributed by atoms with Crippen molar-refractivity contribution in [2.24, 2.45) is 5.92 Å². The predicted molar refractivity (Wildman–Crippen MR) is 81.5 cm³/mol. The average Bonchev–Trinajstić information content (AvgIpc) is 2.44. The summed E-state index contributed by atoms with van der Waals surface area (Å²) in [5.74, 6) is -0.194. The highest BCUT2D eigenvalue weighted by Gasteiger charge is 2.25. The number of anilines is 2. The van der Waals surface area contributed by atoms with Gasteiger partial charge in [0, 0.05) is 7.05 Å². The molecule has 21 heavy (non-hydrogen) atoms. The van der Waals surface area contributed by atoms with E-state index in [-0.39, 0.29) is 11.6 Å². The molecule has 7 nitrogen and oxygen atoms in total. The number of para-hydroxylation sites is 1. The van der Waals surface area contributed by atoms with Gasteiger partial charge in [0.25, 0.3) is 0 Å². The van der Waals surface area contributed by atoms with Crippen molar-refractivity contribution in [3.8, 4) is 0 Å². The zero-order valence-corrected chi connectivity index (χ0v) is 12.7. The number of nitrogens with one attached hydrogen (secondary N) is 2. The third-order valence-corrected chi connectivity index (χ3v) is 3.01. The first-order valence-electron chi connectivity index (χ1n) is 6.70. The number of nitro groups is 1. The quantitative estimate of drug-likeness (QED) is 0.456. The third-order valence-electron chi connectivity index (χ3n) is 3.01. The van der Waals surface area contributed by atoms with Gasteiger partial charge in [-0.1, -0.05) is 19.9 Å². The van der Waals surface area contributed by atoms with Gasteiger partial charge in [0.2, 0.25) is 0 Å². The molecule has 0 amide bonds. The first-order valence-corrected chi connectivity index (χ1v) is 6.70. The Balaban J connectivity index is 3.14. The van der Waals surface area contributed by atoms with Gasteiger partial charge in [0.1, 0.15) is 17.4 Å². The van der Waals surface area contributed by atoms with Crippen LogP contribution < -0.4 is 10.6 Å². The van der Waals surface area contributed by atoms with E-state index in [9.17, 15) is 14.9 Å². The van der Waals surface area contributed by atoms with E-state index in [2.05, 4.69) is 10.6 Å². The molecule has 0 fully saturated rings. The van der Waals surface area contributed by atoms with Crippen LogP contribution in [0.4, 0.5) is 17.1 Å². The fourth-order valence-corrected chi connectivity index (χ4v) is 2.07. The first-order chi connectivity index (χ1) is 9.90. The molecule has 0 aliphatic rings. The van der Waals surface area contributed by atoms with E-state index < -0.39 is 16.9 Å². The van der Waals surface area contributed by atoms with Gasteiger partial charge in [0.15, 0.2) is 0 Å². The van der Waals surface area contributed by atoms with Gasteiger partial charge in [-0.2, -0.15) is 0 Å². The van der Waals surface area contributed by atoms with Gasteiger partial charge in [-0.3, -0.25) is 10.1 Å². The Bertz CT molecular complexity index is 517. The maximum Gasteiger partial charge on any atom is 0.328 e. The Morgan fingerprint density at radius 3 is 2.48 bits per heavy atom. The normalized spacial score (nSPS) is 11.9. The zero-order chi connectivity index (χ0) is 16.0. The molecule has 7 heteroatoms. The van der Waals surface area contributed by atoms with Gasteiger partial charge in [-0.15, -0.1) is 0 Å². The van der Waals surface area contributed by atoms with Crippen LogP contribution in [0.25, 0.3) is 0 Å². The largest absolute Gasteiger partial charge is 0.467 e. The number of carbonyl (C=O) groups is 1. The van der Waals surface area contributed by atoms with Crippen LogP contribution in [-0.4, -0.2) is 31.1 Å². The Morgan fingerprint density at radius 2 is 2.00 bits per heavy atom. The number of nitrogens with zero attached hydrogens (tertiary/aromatic N) is 1. The highest BCUT2D eigenvalue weighted by atomic mass is 16.6. The van der Waals surface area contributed by atoms with E-state index >= 15 is 0 Å². The molecular weight excluding hydrogens is 274 g/mol. The molecule has 1 aromatic carbocycles. The lowest BCUT2D eigenvalue weighted by molar-refractivity contribution is -0.383. The average molecular weight is 295 g/mol. The summed E-state index contributed by atoms with van der Waals surface area (Å²) in [5, 5.41) is 17.0. The number of nitro benzene ring substituents is 1. The topological polar surface area (TPSA) is 93.5 Å². The maximum atomic E-state index is 11.8. The van der Waals surface area contributed by atoms with Crippen molar-refractivity contribution in [3.63, 3.8) is 0 Å². The van der Waals surface area contributed by atoms with Gasteiger partial charge in [-0.05, 0) is 24.5 Å². The van der Waals surface area contributed by atoms with Crippen LogP contribution in [0.1, 0.15) is 20.3 Å². The SMILES string of the molecule is CNc1cccc(NC(CC(C)C)C(=O)OC)c1[N+](=O)[O-]. The van der Waals surface area contributed by atoms with E-state index in [1.165, 1.54) is 7.11 Å². The lowest BCUT2D eigenvalue weighted by atomic mass is 10.0. The molecule has 1 unspecified atom stereocenters. The summed E-state index contributed by atoms with van der Waals surface area (Å²) in [6.45, 7) is 3.94. The van der Waals surface area contributed by atoms with E-state index in [0.29, 0.717) is 17.8 Å². The summed E-state index contributed by atoms with van der Waals surface area (Å²) in [6.07, 6.45) is 0.521. The molecule has 0 aliphatic heterocycles. The molecule has 1 atom stereocenters. The van der Waals surface area contributed by atoms with Crippen molar-refractivity contribution in [2.75, 3.05) is 24.8 Å². The Hall–Kier alpha value is -2.31. The number of benzene rings is 1. The van der Waals surface area contributed by atoms with Crippen molar-refractivity contribution in [2.45, 2.75) is 26.3 Å². The van der Waals surface area contributed by atoms with E-state index in [4.69, 9.17) is 4.74 Å². The highest BCUT2D eigenvalue weighted by Crippen LogP contribution is 2.33. The number of methoxy groups -OCH3 is 1. The van der Waals surface area contributed by atoms with Crippen molar-refractivity contribution in [3.05, 3.63) is 28.3 Å². The highest BCUT2D eigenvalue weighted by molar-refractivity contribution is 5.83. The fourth-order valence-electron chi connectivity index (χ4n) is 2.07. The second-order valence-electron chi connectivity index (χ2n) is 5.06. The van der Waals surface area contributed by atoms with E-state index in [1.807, 2.05) is 13.8 Å². The van der Waals surface area contributed by atoms with Crippen LogP contribution in [-0.2, 0) is 9.53 Å². The number of hydrogen-bond donors (Lipinski definition) is 2. The van der Waals surface area contributed by atoms with Crippen molar-refractivity contribution < 1.29 is 14.5 Å². The van der Waals surface area contributed by atoms with Crippen LogP contribution in [0.15, 0.2) is 18.2 Å². The molecule has 116 valence electrons. The number of ether oxygens (including phenoxy) is 1. The Kier molecular flexibility index (Phi) is 5.95. The minimum atomic E-state index is -0.624.